The first kappa shape index (κ1) is 14.8. The highest BCUT2D eigenvalue weighted by molar-refractivity contribution is 5.79. The van der Waals surface area contributed by atoms with Gasteiger partial charge < -0.3 is 10.6 Å². The SMILES string of the molecule is CC(C)N1CCN(C(=O)C2CCC(CN)CC2)CC1. The summed E-state index contributed by atoms with van der Waals surface area (Å²) in [5, 5.41) is 0. The zero-order chi connectivity index (χ0) is 13.8. The van der Waals surface area contributed by atoms with E-state index in [-0.39, 0.29) is 5.92 Å². The molecule has 1 saturated carbocycles. The topological polar surface area (TPSA) is 49.6 Å². The van der Waals surface area contributed by atoms with Crippen LogP contribution >= 0.6 is 0 Å². The lowest BCUT2D eigenvalue weighted by molar-refractivity contribution is -0.138. The molecule has 1 aliphatic carbocycles. The van der Waals surface area contributed by atoms with Crippen molar-refractivity contribution in [2.45, 2.75) is 45.6 Å². The normalized spacial score (nSPS) is 29.8. The molecule has 0 aromatic heterocycles. The number of nitrogens with two attached hydrogens (primary N) is 1. The fraction of sp³-hybridized carbons (Fsp3) is 0.933. The van der Waals surface area contributed by atoms with Gasteiger partial charge in [0.2, 0.25) is 5.91 Å². The Labute approximate surface area is 117 Å². The lowest BCUT2D eigenvalue weighted by atomic mass is 9.81. The summed E-state index contributed by atoms with van der Waals surface area (Å²) >= 11 is 0. The fourth-order valence-corrected chi connectivity index (χ4v) is 3.36. The van der Waals surface area contributed by atoms with Crippen molar-refractivity contribution in [2.75, 3.05) is 32.7 Å². The number of amides is 1. The van der Waals surface area contributed by atoms with Gasteiger partial charge in [0.05, 0.1) is 0 Å². The molecule has 4 nitrogen and oxygen atoms in total. The molecule has 2 rings (SSSR count). The number of piperazine rings is 1. The number of carbonyl (C=O) groups excluding carboxylic acids is 1. The zero-order valence-electron chi connectivity index (χ0n) is 12.5. The van der Waals surface area contributed by atoms with Crippen LogP contribution in [0.15, 0.2) is 0 Å². The van der Waals surface area contributed by atoms with E-state index in [4.69, 9.17) is 5.73 Å². The highest BCUT2D eigenvalue weighted by Crippen LogP contribution is 2.29. The van der Waals surface area contributed by atoms with Crippen molar-refractivity contribution in [1.82, 2.24) is 9.80 Å². The predicted molar refractivity (Wildman–Crippen MR) is 77.8 cm³/mol. The Bertz CT molecular complexity index is 290. The van der Waals surface area contributed by atoms with E-state index in [0.29, 0.717) is 17.9 Å². The maximum absolute atomic E-state index is 12.5. The van der Waals surface area contributed by atoms with Gasteiger partial charge in [-0.2, -0.15) is 0 Å². The number of hydrogen-bond acceptors (Lipinski definition) is 3. The van der Waals surface area contributed by atoms with Crippen LogP contribution < -0.4 is 5.73 Å². The Morgan fingerprint density at radius 2 is 1.68 bits per heavy atom. The molecule has 1 aliphatic heterocycles. The van der Waals surface area contributed by atoms with E-state index < -0.39 is 0 Å². The monoisotopic (exact) mass is 267 g/mol. The lowest BCUT2D eigenvalue weighted by Crippen LogP contribution is -2.52. The summed E-state index contributed by atoms with van der Waals surface area (Å²) in [4.78, 5) is 17.0. The van der Waals surface area contributed by atoms with Crippen LogP contribution in [-0.2, 0) is 4.79 Å². The van der Waals surface area contributed by atoms with Crippen LogP contribution in [0, 0.1) is 11.8 Å². The van der Waals surface area contributed by atoms with Crippen molar-refractivity contribution in [3.63, 3.8) is 0 Å². The van der Waals surface area contributed by atoms with Crippen molar-refractivity contribution in [1.29, 1.82) is 0 Å². The molecule has 0 bridgehead atoms. The highest BCUT2D eigenvalue weighted by Gasteiger charge is 2.30. The van der Waals surface area contributed by atoms with Gasteiger partial charge in [0, 0.05) is 38.1 Å². The van der Waals surface area contributed by atoms with Gasteiger partial charge in [0.1, 0.15) is 0 Å². The third-order valence-corrected chi connectivity index (χ3v) is 4.89. The highest BCUT2D eigenvalue weighted by atomic mass is 16.2. The van der Waals surface area contributed by atoms with Crippen molar-refractivity contribution in [3.8, 4) is 0 Å². The van der Waals surface area contributed by atoms with Gasteiger partial charge in [-0.1, -0.05) is 0 Å². The number of hydrogen-bond donors (Lipinski definition) is 1. The van der Waals surface area contributed by atoms with Crippen LogP contribution in [-0.4, -0.2) is 54.5 Å². The van der Waals surface area contributed by atoms with Crippen LogP contribution in [0.25, 0.3) is 0 Å². The maximum Gasteiger partial charge on any atom is 0.225 e. The van der Waals surface area contributed by atoms with Gasteiger partial charge in [0.15, 0.2) is 0 Å². The summed E-state index contributed by atoms with van der Waals surface area (Å²) in [6, 6.07) is 0.595. The molecule has 4 heteroatoms. The molecule has 110 valence electrons. The average Bonchev–Trinajstić information content (AvgIpc) is 2.46. The minimum absolute atomic E-state index is 0.272. The molecule has 1 saturated heterocycles. The minimum atomic E-state index is 0.272. The average molecular weight is 267 g/mol. The molecule has 2 fully saturated rings. The van der Waals surface area contributed by atoms with E-state index in [2.05, 4.69) is 23.6 Å². The van der Waals surface area contributed by atoms with E-state index in [0.717, 1.165) is 58.4 Å². The van der Waals surface area contributed by atoms with Crippen molar-refractivity contribution in [2.24, 2.45) is 17.6 Å². The second-order valence-electron chi connectivity index (χ2n) is 6.41. The van der Waals surface area contributed by atoms with Gasteiger partial charge >= 0.3 is 0 Å². The van der Waals surface area contributed by atoms with Crippen molar-refractivity contribution >= 4 is 5.91 Å². The molecule has 0 unspecified atom stereocenters. The Kier molecular flexibility index (Phi) is 5.22. The number of carbonyl (C=O) groups is 1. The molecule has 0 radical (unpaired) electrons. The van der Waals surface area contributed by atoms with E-state index in [1.54, 1.807) is 0 Å². The van der Waals surface area contributed by atoms with Crippen LogP contribution in [0.1, 0.15) is 39.5 Å². The van der Waals surface area contributed by atoms with Crippen LogP contribution in [0.4, 0.5) is 0 Å². The Morgan fingerprint density at radius 3 is 2.16 bits per heavy atom. The Morgan fingerprint density at radius 1 is 1.11 bits per heavy atom. The smallest absolute Gasteiger partial charge is 0.225 e. The van der Waals surface area contributed by atoms with Gasteiger partial charge in [-0.05, 0) is 52.0 Å². The fourth-order valence-electron chi connectivity index (χ4n) is 3.36. The van der Waals surface area contributed by atoms with E-state index in [1.165, 1.54) is 0 Å². The maximum atomic E-state index is 12.5. The molecule has 2 N–H and O–H groups in total. The molecule has 1 heterocycles. The predicted octanol–water partition coefficient (Wildman–Crippen LogP) is 1.30. The molecular weight excluding hydrogens is 238 g/mol. The van der Waals surface area contributed by atoms with Crippen LogP contribution in [0.3, 0.4) is 0 Å². The second-order valence-corrected chi connectivity index (χ2v) is 6.41. The Balaban J connectivity index is 1.78. The van der Waals surface area contributed by atoms with Crippen LogP contribution in [0.2, 0.25) is 0 Å². The Hall–Kier alpha value is -0.610. The largest absolute Gasteiger partial charge is 0.340 e. The first-order valence-corrected chi connectivity index (χ1v) is 7.84. The summed E-state index contributed by atoms with van der Waals surface area (Å²) in [5.41, 5.74) is 5.71. The summed E-state index contributed by atoms with van der Waals surface area (Å²) in [7, 11) is 0. The van der Waals surface area contributed by atoms with Crippen molar-refractivity contribution in [3.05, 3.63) is 0 Å². The summed E-state index contributed by atoms with van der Waals surface area (Å²) in [6.45, 7) is 9.12. The molecule has 1 amide bonds. The number of rotatable bonds is 3. The second kappa shape index (κ2) is 6.71. The molecule has 2 aliphatic rings. The molecule has 0 atom stereocenters. The molecule has 0 aromatic rings. The van der Waals surface area contributed by atoms with Gasteiger partial charge in [-0.25, -0.2) is 0 Å². The van der Waals surface area contributed by atoms with E-state index in [9.17, 15) is 4.79 Å². The zero-order valence-corrected chi connectivity index (χ0v) is 12.5. The van der Waals surface area contributed by atoms with E-state index >= 15 is 0 Å². The minimum Gasteiger partial charge on any atom is -0.340 e. The van der Waals surface area contributed by atoms with Crippen LogP contribution in [0.5, 0.6) is 0 Å². The third-order valence-electron chi connectivity index (χ3n) is 4.89. The van der Waals surface area contributed by atoms with Gasteiger partial charge in [0.25, 0.3) is 0 Å². The quantitative estimate of drug-likeness (QED) is 0.838. The summed E-state index contributed by atoms with van der Waals surface area (Å²) in [5.74, 6) is 1.33. The van der Waals surface area contributed by atoms with Gasteiger partial charge in [-0.3, -0.25) is 9.69 Å². The molecular formula is C15H29N3O. The first-order valence-electron chi connectivity index (χ1n) is 7.84. The molecule has 0 aromatic carbocycles. The lowest BCUT2D eigenvalue weighted by Gasteiger charge is -2.39. The summed E-state index contributed by atoms with van der Waals surface area (Å²) in [6.07, 6.45) is 4.37. The van der Waals surface area contributed by atoms with Gasteiger partial charge in [-0.15, -0.1) is 0 Å². The summed E-state index contributed by atoms with van der Waals surface area (Å²) < 4.78 is 0. The van der Waals surface area contributed by atoms with E-state index in [1.807, 2.05) is 0 Å². The molecule has 19 heavy (non-hydrogen) atoms. The first-order chi connectivity index (χ1) is 9.11. The standard InChI is InChI=1S/C15H29N3O/c1-12(2)17-7-9-18(10-8-17)15(19)14-5-3-13(11-16)4-6-14/h12-14H,3-11,16H2,1-2H3. The van der Waals surface area contributed by atoms with Crippen molar-refractivity contribution < 1.29 is 4.79 Å². The third kappa shape index (κ3) is 3.69. The number of nitrogens with zero attached hydrogens (tertiary/aromatic N) is 2. The molecule has 0 spiro atoms.